The van der Waals surface area contributed by atoms with Crippen molar-refractivity contribution in [2.24, 2.45) is 0 Å². The van der Waals surface area contributed by atoms with Crippen LogP contribution in [-0.2, 0) is 0 Å². The summed E-state index contributed by atoms with van der Waals surface area (Å²) in [5.41, 5.74) is 4.26. The molecule has 0 spiro atoms. The Hall–Kier alpha value is -1.09. The molecular weight excluding hydrogens is 156 g/mol. The standard InChI is InChI=1S/C8H8N2S/c1-2-4-8(5-3-1)10-9-6-7-11-10/h1-7,9H. The second kappa shape index (κ2) is 2.88. The van der Waals surface area contributed by atoms with Crippen LogP contribution in [0.3, 0.4) is 0 Å². The lowest BCUT2D eigenvalue weighted by molar-refractivity contribution is 0.982. The van der Waals surface area contributed by atoms with Gasteiger partial charge in [-0.3, -0.25) is 5.43 Å². The molecule has 1 aliphatic rings. The molecule has 0 saturated heterocycles. The molecule has 0 aliphatic carbocycles. The van der Waals surface area contributed by atoms with Gasteiger partial charge in [-0.05, 0) is 12.1 Å². The van der Waals surface area contributed by atoms with Crippen LogP contribution in [-0.4, -0.2) is 0 Å². The molecular formula is C8H8N2S. The number of hydrazine groups is 1. The van der Waals surface area contributed by atoms with Gasteiger partial charge in [0.15, 0.2) is 0 Å². The van der Waals surface area contributed by atoms with Gasteiger partial charge in [-0.25, -0.2) is 4.41 Å². The van der Waals surface area contributed by atoms with Gasteiger partial charge in [-0.2, -0.15) is 0 Å². The Bertz CT molecular complexity index is 250. The second-order valence-electron chi connectivity index (χ2n) is 2.17. The van der Waals surface area contributed by atoms with E-state index in [-0.39, 0.29) is 0 Å². The highest BCUT2D eigenvalue weighted by atomic mass is 32.2. The van der Waals surface area contributed by atoms with Gasteiger partial charge in [0.25, 0.3) is 0 Å². The highest BCUT2D eigenvalue weighted by molar-refractivity contribution is 8.03. The molecule has 2 rings (SSSR count). The van der Waals surface area contributed by atoms with Gasteiger partial charge >= 0.3 is 0 Å². The van der Waals surface area contributed by atoms with Gasteiger partial charge in [0.1, 0.15) is 0 Å². The van der Waals surface area contributed by atoms with Crippen LogP contribution >= 0.6 is 11.9 Å². The van der Waals surface area contributed by atoms with Crippen molar-refractivity contribution in [2.75, 3.05) is 4.41 Å². The van der Waals surface area contributed by atoms with Crippen LogP contribution in [0.4, 0.5) is 5.69 Å². The summed E-state index contributed by atoms with van der Waals surface area (Å²) in [6.45, 7) is 0. The number of anilines is 1. The van der Waals surface area contributed by atoms with E-state index < -0.39 is 0 Å². The first-order valence-corrected chi connectivity index (χ1v) is 4.23. The van der Waals surface area contributed by atoms with Crippen LogP contribution in [0.5, 0.6) is 0 Å². The monoisotopic (exact) mass is 164 g/mol. The number of nitrogens with zero attached hydrogens (tertiary/aromatic N) is 1. The molecule has 0 amide bonds. The number of rotatable bonds is 1. The summed E-state index contributed by atoms with van der Waals surface area (Å²) in [5, 5.41) is 2.01. The van der Waals surface area contributed by atoms with Crippen molar-refractivity contribution >= 4 is 17.6 Å². The van der Waals surface area contributed by atoms with E-state index in [0.717, 1.165) is 0 Å². The van der Waals surface area contributed by atoms with Crippen molar-refractivity contribution in [1.82, 2.24) is 5.43 Å². The number of para-hydroxylation sites is 1. The van der Waals surface area contributed by atoms with Gasteiger partial charge in [0, 0.05) is 23.6 Å². The van der Waals surface area contributed by atoms with Crippen LogP contribution in [0.15, 0.2) is 41.9 Å². The van der Waals surface area contributed by atoms with Gasteiger partial charge in [-0.15, -0.1) is 0 Å². The molecule has 0 radical (unpaired) electrons. The number of hydrogen-bond acceptors (Lipinski definition) is 3. The summed E-state index contributed by atoms with van der Waals surface area (Å²) >= 11 is 1.64. The Morgan fingerprint density at radius 3 is 2.64 bits per heavy atom. The molecule has 1 aromatic carbocycles. The van der Waals surface area contributed by atoms with Gasteiger partial charge in [0.2, 0.25) is 0 Å². The molecule has 56 valence electrons. The minimum absolute atomic E-state index is 1.17. The zero-order valence-corrected chi connectivity index (χ0v) is 6.71. The van der Waals surface area contributed by atoms with Crippen LogP contribution < -0.4 is 9.84 Å². The largest absolute Gasteiger partial charge is 0.295 e. The average molecular weight is 164 g/mol. The van der Waals surface area contributed by atoms with Crippen LogP contribution in [0.2, 0.25) is 0 Å². The summed E-state index contributed by atoms with van der Waals surface area (Å²) in [4.78, 5) is 0. The van der Waals surface area contributed by atoms with E-state index in [0.29, 0.717) is 0 Å². The highest BCUT2D eigenvalue weighted by Crippen LogP contribution is 2.23. The Labute approximate surface area is 70.0 Å². The Morgan fingerprint density at radius 2 is 2.00 bits per heavy atom. The molecule has 0 unspecified atom stereocenters. The van der Waals surface area contributed by atoms with E-state index in [1.54, 1.807) is 11.9 Å². The first-order chi connectivity index (χ1) is 5.47. The first-order valence-electron chi connectivity index (χ1n) is 3.40. The predicted octanol–water partition coefficient (Wildman–Crippen LogP) is 2.13. The minimum Gasteiger partial charge on any atom is -0.295 e. The summed E-state index contributed by atoms with van der Waals surface area (Å²) < 4.78 is 2.00. The molecule has 3 heteroatoms. The van der Waals surface area contributed by atoms with Crippen molar-refractivity contribution in [3.8, 4) is 0 Å². The Morgan fingerprint density at radius 1 is 1.18 bits per heavy atom. The second-order valence-corrected chi connectivity index (χ2v) is 3.02. The van der Waals surface area contributed by atoms with Crippen LogP contribution in [0, 0.1) is 0 Å². The third-order valence-corrected chi connectivity index (χ3v) is 2.20. The third-order valence-electron chi connectivity index (χ3n) is 1.42. The van der Waals surface area contributed by atoms with E-state index in [2.05, 4.69) is 17.6 Å². The molecule has 1 aliphatic heterocycles. The van der Waals surface area contributed by atoms with Gasteiger partial charge in [-0.1, -0.05) is 18.2 Å². The van der Waals surface area contributed by atoms with E-state index >= 15 is 0 Å². The normalized spacial score (nSPS) is 15.1. The van der Waals surface area contributed by atoms with Gasteiger partial charge in [0.05, 0.1) is 5.69 Å². The lowest BCUT2D eigenvalue weighted by Gasteiger charge is -2.15. The maximum Gasteiger partial charge on any atom is 0.0704 e. The number of hydrogen-bond donors (Lipinski definition) is 1. The van der Waals surface area contributed by atoms with Crippen molar-refractivity contribution in [3.05, 3.63) is 41.9 Å². The average Bonchev–Trinajstić information content (AvgIpc) is 2.58. The number of benzene rings is 1. The molecule has 0 aromatic heterocycles. The third kappa shape index (κ3) is 1.33. The molecule has 0 atom stereocenters. The van der Waals surface area contributed by atoms with E-state index in [1.165, 1.54) is 5.69 Å². The number of nitrogens with one attached hydrogen (secondary N) is 1. The predicted molar refractivity (Wildman–Crippen MR) is 48.8 cm³/mol. The fraction of sp³-hybridized carbons (Fsp3) is 0. The highest BCUT2D eigenvalue weighted by Gasteiger charge is 2.05. The Balaban J connectivity index is 2.17. The topological polar surface area (TPSA) is 15.3 Å². The fourth-order valence-electron chi connectivity index (χ4n) is 0.919. The molecule has 0 saturated carbocycles. The Kier molecular flexibility index (Phi) is 1.73. The van der Waals surface area contributed by atoms with Crippen molar-refractivity contribution in [1.29, 1.82) is 0 Å². The molecule has 1 heterocycles. The summed E-state index contributed by atoms with van der Waals surface area (Å²) in [7, 11) is 0. The molecule has 2 nitrogen and oxygen atoms in total. The lowest BCUT2D eigenvalue weighted by Crippen LogP contribution is -2.22. The summed E-state index contributed by atoms with van der Waals surface area (Å²) in [6.07, 6.45) is 1.91. The zero-order chi connectivity index (χ0) is 7.52. The fourth-order valence-corrected chi connectivity index (χ4v) is 1.53. The minimum atomic E-state index is 1.17. The first kappa shape index (κ1) is 6.61. The molecule has 1 N–H and O–H groups in total. The van der Waals surface area contributed by atoms with Crippen molar-refractivity contribution in [3.63, 3.8) is 0 Å². The van der Waals surface area contributed by atoms with E-state index in [9.17, 15) is 0 Å². The molecule has 0 fully saturated rings. The summed E-state index contributed by atoms with van der Waals surface area (Å²) in [5.74, 6) is 0. The maximum absolute atomic E-state index is 3.09. The maximum atomic E-state index is 3.09. The zero-order valence-electron chi connectivity index (χ0n) is 5.90. The van der Waals surface area contributed by atoms with E-state index in [1.807, 2.05) is 34.2 Å². The smallest absolute Gasteiger partial charge is 0.0704 e. The van der Waals surface area contributed by atoms with Crippen molar-refractivity contribution in [2.45, 2.75) is 0 Å². The molecule has 11 heavy (non-hydrogen) atoms. The van der Waals surface area contributed by atoms with Crippen molar-refractivity contribution < 1.29 is 0 Å². The van der Waals surface area contributed by atoms with E-state index in [4.69, 9.17) is 0 Å². The SMILES string of the molecule is C1=CSN(c2ccccc2)N1. The van der Waals surface area contributed by atoms with Gasteiger partial charge < -0.3 is 0 Å². The van der Waals surface area contributed by atoms with Crippen LogP contribution in [0.25, 0.3) is 0 Å². The quantitative estimate of drug-likeness (QED) is 0.640. The summed E-state index contributed by atoms with van der Waals surface area (Å²) in [6, 6.07) is 10.2. The molecule has 1 aromatic rings. The lowest BCUT2D eigenvalue weighted by atomic mass is 10.3. The van der Waals surface area contributed by atoms with Crippen LogP contribution in [0.1, 0.15) is 0 Å². The molecule has 0 bridgehead atoms.